The molecule has 3 heteroatoms. The average Bonchev–Trinajstić information content (AvgIpc) is 2.34. The van der Waals surface area contributed by atoms with Crippen molar-refractivity contribution in [3.05, 3.63) is 0 Å². The van der Waals surface area contributed by atoms with Gasteiger partial charge < -0.3 is 14.8 Å². The summed E-state index contributed by atoms with van der Waals surface area (Å²) in [5.74, 6) is 0. The summed E-state index contributed by atoms with van der Waals surface area (Å²) in [5, 5.41) is 3.34. The summed E-state index contributed by atoms with van der Waals surface area (Å²) in [7, 11) is 0. The van der Waals surface area contributed by atoms with Crippen molar-refractivity contribution in [3.8, 4) is 0 Å². The Hall–Kier alpha value is -0.120. The van der Waals surface area contributed by atoms with Crippen LogP contribution in [0.3, 0.4) is 0 Å². The molecule has 16 heavy (non-hydrogen) atoms. The van der Waals surface area contributed by atoms with Gasteiger partial charge in [0.25, 0.3) is 0 Å². The van der Waals surface area contributed by atoms with Crippen LogP contribution in [0.2, 0.25) is 0 Å². The maximum atomic E-state index is 5.79. The molecule has 0 spiro atoms. The van der Waals surface area contributed by atoms with E-state index in [2.05, 4.69) is 12.2 Å². The number of rotatable bonds is 9. The van der Waals surface area contributed by atoms with E-state index in [1.165, 1.54) is 19.3 Å². The third-order valence-electron chi connectivity index (χ3n) is 2.96. The summed E-state index contributed by atoms with van der Waals surface area (Å²) in [4.78, 5) is 0. The Bertz CT molecular complexity index is 147. The van der Waals surface area contributed by atoms with Gasteiger partial charge in [0.05, 0.1) is 6.10 Å². The molecule has 0 aromatic heterocycles. The monoisotopic (exact) mass is 229 g/mol. The summed E-state index contributed by atoms with van der Waals surface area (Å²) < 4.78 is 11.3. The van der Waals surface area contributed by atoms with Gasteiger partial charge in [-0.15, -0.1) is 0 Å². The molecule has 1 N–H and O–H groups in total. The van der Waals surface area contributed by atoms with Gasteiger partial charge in [-0.3, -0.25) is 0 Å². The topological polar surface area (TPSA) is 30.5 Å². The standard InChI is InChI=1S/C13H27NO2/c1-2-3-4-10-15-11-5-12-16-13-6-8-14-9-7-13/h13-14H,2-12H2,1H3. The zero-order valence-electron chi connectivity index (χ0n) is 10.7. The summed E-state index contributed by atoms with van der Waals surface area (Å²) >= 11 is 0. The first-order valence-corrected chi connectivity index (χ1v) is 6.83. The second kappa shape index (κ2) is 10.1. The van der Waals surface area contributed by atoms with Crippen molar-refractivity contribution in [1.29, 1.82) is 0 Å². The number of unbranched alkanes of at least 4 members (excludes halogenated alkanes) is 2. The van der Waals surface area contributed by atoms with Gasteiger partial charge in [0.1, 0.15) is 0 Å². The molecule has 0 amide bonds. The van der Waals surface area contributed by atoms with E-state index in [1.54, 1.807) is 0 Å². The predicted molar refractivity (Wildman–Crippen MR) is 66.8 cm³/mol. The van der Waals surface area contributed by atoms with Crippen molar-refractivity contribution in [2.75, 3.05) is 32.9 Å². The van der Waals surface area contributed by atoms with E-state index < -0.39 is 0 Å². The minimum atomic E-state index is 0.487. The molecule has 0 saturated carbocycles. The smallest absolute Gasteiger partial charge is 0.0599 e. The van der Waals surface area contributed by atoms with Crippen molar-refractivity contribution < 1.29 is 9.47 Å². The van der Waals surface area contributed by atoms with E-state index in [-0.39, 0.29) is 0 Å². The first kappa shape index (κ1) is 13.9. The lowest BCUT2D eigenvalue weighted by molar-refractivity contribution is 0.0173. The van der Waals surface area contributed by atoms with Crippen LogP contribution in [0, 0.1) is 0 Å². The van der Waals surface area contributed by atoms with Crippen LogP contribution in [0.5, 0.6) is 0 Å². The Morgan fingerprint density at radius 2 is 1.75 bits per heavy atom. The number of hydrogen-bond donors (Lipinski definition) is 1. The summed E-state index contributed by atoms with van der Waals surface area (Å²) in [6.07, 6.45) is 7.60. The molecule has 1 saturated heterocycles. The van der Waals surface area contributed by atoms with E-state index in [9.17, 15) is 0 Å². The fourth-order valence-corrected chi connectivity index (χ4v) is 1.93. The average molecular weight is 229 g/mol. The Kier molecular flexibility index (Phi) is 8.77. The van der Waals surface area contributed by atoms with Crippen molar-refractivity contribution in [3.63, 3.8) is 0 Å². The zero-order chi connectivity index (χ0) is 11.5. The van der Waals surface area contributed by atoms with E-state index >= 15 is 0 Å². The van der Waals surface area contributed by atoms with Gasteiger partial charge in [0.15, 0.2) is 0 Å². The molecule has 96 valence electrons. The highest BCUT2D eigenvalue weighted by Crippen LogP contribution is 2.07. The van der Waals surface area contributed by atoms with Crippen LogP contribution in [0.15, 0.2) is 0 Å². The van der Waals surface area contributed by atoms with Crippen LogP contribution in [0.25, 0.3) is 0 Å². The van der Waals surface area contributed by atoms with Gasteiger partial charge in [0, 0.05) is 19.8 Å². The molecule has 0 aliphatic carbocycles. The quantitative estimate of drug-likeness (QED) is 0.616. The maximum Gasteiger partial charge on any atom is 0.0599 e. The van der Waals surface area contributed by atoms with Crippen LogP contribution in [0.4, 0.5) is 0 Å². The number of nitrogens with one attached hydrogen (secondary N) is 1. The largest absolute Gasteiger partial charge is 0.381 e. The van der Waals surface area contributed by atoms with E-state index in [4.69, 9.17) is 9.47 Å². The lowest BCUT2D eigenvalue weighted by atomic mass is 10.1. The SMILES string of the molecule is CCCCCOCCCOC1CCNCC1. The second-order valence-electron chi connectivity index (χ2n) is 4.49. The van der Waals surface area contributed by atoms with Crippen LogP contribution in [-0.4, -0.2) is 39.0 Å². The summed E-state index contributed by atoms with van der Waals surface area (Å²) in [5.41, 5.74) is 0. The molecular formula is C13H27NO2. The van der Waals surface area contributed by atoms with E-state index in [0.29, 0.717) is 6.10 Å². The van der Waals surface area contributed by atoms with Crippen LogP contribution >= 0.6 is 0 Å². The van der Waals surface area contributed by atoms with Gasteiger partial charge in [-0.1, -0.05) is 19.8 Å². The van der Waals surface area contributed by atoms with Gasteiger partial charge >= 0.3 is 0 Å². The molecule has 0 aromatic rings. The highest BCUT2D eigenvalue weighted by molar-refractivity contribution is 4.67. The van der Waals surface area contributed by atoms with Crippen LogP contribution in [0.1, 0.15) is 45.4 Å². The van der Waals surface area contributed by atoms with Gasteiger partial charge in [-0.2, -0.15) is 0 Å². The minimum Gasteiger partial charge on any atom is -0.381 e. The second-order valence-corrected chi connectivity index (χ2v) is 4.49. The molecule has 1 heterocycles. The molecule has 3 nitrogen and oxygen atoms in total. The number of hydrogen-bond acceptors (Lipinski definition) is 3. The number of piperidine rings is 1. The van der Waals surface area contributed by atoms with Gasteiger partial charge in [-0.05, 0) is 38.8 Å². The predicted octanol–water partition coefficient (Wildman–Crippen LogP) is 2.35. The molecule has 0 bridgehead atoms. The fraction of sp³-hybridized carbons (Fsp3) is 1.00. The maximum absolute atomic E-state index is 5.79. The van der Waals surface area contributed by atoms with Crippen molar-refractivity contribution in [2.45, 2.75) is 51.6 Å². The first-order chi connectivity index (χ1) is 7.93. The van der Waals surface area contributed by atoms with Crippen molar-refractivity contribution >= 4 is 0 Å². The van der Waals surface area contributed by atoms with Gasteiger partial charge in [0.2, 0.25) is 0 Å². The third kappa shape index (κ3) is 7.20. The normalized spacial score (nSPS) is 17.8. The molecule has 0 radical (unpaired) electrons. The number of ether oxygens (including phenoxy) is 2. The molecule has 0 atom stereocenters. The minimum absolute atomic E-state index is 0.487. The van der Waals surface area contributed by atoms with Crippen LogP contribution in [-0.2, 0) is 9.47 Å². The molecule has 1 rings (SSSR count). The highest BCUT2D eigenvalue weighted by atomic mass is 16.5. The summed E-state index contributed by atoms with van der Waals surface area (Å²) in [6.45, 7) is 7.07. The molecule has 0 aromatic carbocycles. The van der Waals surface area contributed by atoms with Crippen molar-refractivity contribution in [2.24, 2.45) is 0 Å². The molecule has 1 aliphatic rings. The third-order valence-corrected chi connectivity index (χ3v) is 2.96. The van der Waals surface area contributed by atoms with Crippen LogP contribution < -0.4 is 5.32 Å². The molecule has 1 aliphatic heterocycles. The van der Waals surface area contributed by atoms with Crippen molar-refractivity contribution in [1.82, 2.24) is 5.32 Å². The Morgan fingerprint density at radius 1 is 1.00 bits per heavy atom. The molecule has 0 unspecified atom stereocenters. The Labute approximate surface area is 99.9 Å². The lowest BCUT2D eigenvalue weighted by Gasteiger charge is -2.22. The zero-order valence-corrected chi connectivity index (χ0v) is 10.7. The summed E-state index contributed by atoms with van der Waals surface area (Å²) in [6, 6.07) is 0. The fourth-order valence-electron chi connectivity index (χ4n) is 1.93. The molecule has 1 fully saturated rings. The highest BCUT2D eigenvalue weighted by Gasteiger charge is 2.12. The Balaban J connectivity index is 1.77. The molecular weight excluding hydrogens is 202 g/mol. The Morgan fingerprint density at radius 3 is 2.50 bits per heavy atom. The van der Waals surface area contributed by atoms with Gasteiger partial charge in [-0.25, -0.2) is 0 Å². The first-order valence-electron chi connectivity index (χ1n) is 6.83. The van der Waals surface area contributed by atoms with E-state index in [0.717, 1.165) is 52.2 Å². The lowest BCUT2D eigenvalue weighted by Crippen LogP contribution is -2.32. The van der Waals surface area contributed by atoms with E-state index in [1.807, 2.05) is 0 Å².